The van der Waals surface area contributed by atoms with E-state index in [2.05, 4.69) is 11.1 Å². The SMILES string of the molecule is COc1ccc2[nH]c(=O)c3c(c2c1)OC(N)=C(C#N)C31C(=O)c2cccc3cccc1c23. The Bertz CT molecular complexity index is 1650. The molecule has 0 bridgehead atoms. The van der Waals surface area contributed by atoms with Crippen LogP contribution in [0.5, 0.6) is 11.5 Å². The molecule has 4 aromatic rings. The Morgan fingerprint density at radius 2 is 1.91 bits per heavy atom. The number of pyridine rings is 1. The maximum Gasteiger partial charge on any atom is 0.257 e. The summed E-state index contributed by atoms with van der Waals surface area (Å²) < 4.78 is 11.2. The van der Waals surface area contributed by atoms with Gasteiger partial charge in [-0.15, -0.1) is 0 Å². The molecule has 1 aromatic heterocycles. The number of carbonyl (C=O) groups excluding carboxylic acids is 1. The van der Waals surface area contributed by atoms with Crippen LogP contribution in [0.4, 0.5) is 0 Å². The van der Waals surface area contributed by atoms with Gasteiger partial charge in [-0.1, -0.05) is 36.4 Å². The number of nitrogens with zero attached hydrogens (tertiary/aromatic N) is 1. The average molecular weight is 421 g/mol. The first-order chi connectivity index (χ1) is 15.5. The number of aromatic nitrogens is 1. The highest BCUT2D eigenvalue weighted by atomic mass is 16.5. The van der Waals surface area contributed by atoms with Crippen LogP contribution in [0.15, 0.2) is 70.8 Å². The van der Waals surface area contributed by atoms with Gasteiger partial charge in [0.2, 0.25) is 5.88 Å². The third-order valence-corrected chi connectivity index (χ3v) is 6.39. The monoisotopic (exact) mass is 421 g/mol. The van der Waals surface area contributed by atoms with Crippen LogP contribution >= 0.6 is 0 Å². The lowest BCUT2D eigenvalue weighted by molar-refractivity contribution is 0.0936. The Kier molecular flexibility index (Phi) is 3.41. The topological polar surface area (TPSA) is 118 Å². The van der Waals surface area contributed by atoms with Gasteiger partial charge in [0.15, 0.2) is 5.78 Å². The number of ether oxygens (including phenoxy) is 2. The number of methoxy groups -OCH3 is 1. The Morgan fingerprint density at radius 3 is 2.66 bits per heavy atom. The molecule has 3 aromatic carbocycles. The third kappa shape index (κ3) is 1.94. The van der Waals surface area contributed by atoms with Gasteiger partial charge in [0.25, 0.3) is 5.56 Å². The van der Waals surface area contributed by atoms with E-state index in [4.69, 9.17) is 15.2 Å². The number of nitrogens with two attached hydrogens (primary N) is 1. The summed E-state index contributed by atoms with van der Waals surface area (Å²) in [6.07, 6.45) is 0. The van der Waals surface area contributed by atoms with E-state index in [1.807, 2.05) is 12.1 Å². The van der Waals surface area contributed by atoms with Crippen molar-refractivity contribution in [3.8, 4) is 17.6 Å². The fourth-order valence-electron chi connectivity index (χ4n) is 5.09. The Balaban J connectivity index is 1.85. The van der Waals surface area contributed by atoms with Gasteiger partial charge < -0.3 is 20.2 Å². The number of aromatic amines is 1. The number of nitriles is 1. The quantitative estimate of drug-likeness (QED) is 0.487. The van der Waals surface area contributed by atoms with Gasteiger partial charge in [-0.2, -0.15) is 5.26 Å². The van der Waals surface area contributed by atoms with Crippen molar-refractivity contribution in [1.29, 1.82) is 5.26 Å². The molecule has 0 saturated carbocycles. The summed E-state index contributed by atoms with van der Waals surface area (Å²) in [6, 6.07) is 18.0. The fraction of sp³-hybridized carbons (Fsp3) is 0.0800. The summed E-state index contributed by atoms with van der Waals surface area (Å²) in [5, 5.41) is 12.2. The zero-order valence-corrected chi connectivity index (χ0v) is 16.9. The van der Waals surface area contributed by atoms with E-state index >= 15 is 0 Å². The zero-order chi connectivity index (χ0) is 22.2. The summed E-state index contributed by atoms with van der Waals surface area (Å²) >= 11 is 0. The molecular weight excluding hydrogens is 406 g/mol. The van der Waals surface area contributed by atoms with E-state index in [0.717, 1.165) is 5.39 Å². The molecule has 1 unspecified atom stereocenters. The van der Waals surface area contributed by atoms with Crippen LogP contribution in [0.25, 0.3) is 21.7 Å². The number of benzene rings is 3. The Hall–Kier alpha value is -4.57. The van der Waals surface area contributed by atoms with Crippen molar-refractivity contribution < 1.29 is 14.3 Å². The molecule has 2 heterocycles. The van der Waals surface area contributed by atoms with Gasteiger partial charge in [-0.3, -0.25) is 9.59 Å². The number of carbonyl (C=O) groups is 1. The Labute approximate surface area is 181 Å². The van der Waals surface area contributed by atoms with Crippen LogP contribution in [0.3, 0.4) is 0 Å². The van der Waals surface area contributed by atoms with E-state index in [1.165, 1.54) is 7.11 Å². The number of fused-ring (bicyclic) bond motifs is 5. The molecule has 1 spiro atoms. The largest absolute Gasteiger partial charge is 0.497 e. The molecule has 0 radical (unpaired) electrons. The lowest BCUT2D eigenvalue weighted by Crippen LogP contribution is -2.45. The molecular formula is C25H15N3O4. The van der Waals surface area contributed by atoms with Crippen LogP contribution < -0.4 is 20.8 Å². The molecule has 3 N–H and O–H groups in total. The number of hydrogen-bond acceptors (Lipinski definition) is 6. The maximum absolute atomic E-state index is 14.1. The zero-order valence-electron chi connectivity index (χ0n) is 16.9. The van der Waals surface area contributed by atoms with Crippen molar-refractivity contribution in [2.75, 3.05) is 7.11 Å². The van der Waals surface area contributed by atoms with E-state index in [0.29, 0.717) is 33.2 Å². The van der Waals surface area contributed by atoms with Crippen molar-refractivity contribution >= 4 is 27.5 Å². The predicted octanol–water partition coefficient (Wildman–Crippen LogP) is 3.26. The molecule has 0 saturated heterocycles. The minimum absolute atomic E-state index is 0.0534. The number of allylic oxidation sites excluding steroid dienone is 1. The normalized spacial score (nSPS) is 18.7. The van der Waals surface area contributed by atoms with E-state index in [9.17, 15) is 14.9 Å². The number of ketones is 1. The summed E-state index contributed by atoms with van der Waals surface area (Å²) in [6.45, 7) is 0. The van der Waals surface area contributed by atoms with Crippen LogP contribution in [0.1, 0.15) is 21.5 Å². The third-order valence-electron chi connectivity index (χ3n) is 6.39. The van der Waals surface area contributed by atoms with Crippen molar-refractivity contribution in [1.82, 2.24) is 4.98 Å². The van der Waals surface area contributed by atoms with E-state index in [1.54, 1.807) is 42.5 Å². The minimum atomic E-state index is -1.69. The van der Waals surface area contributed by atoms with Gasteiger partial charge in [0, 0.05) is 10.9 Å². The van der Waals surface area contributed by atoms with Gasteiger partial charge in [-0.25, -0.2) is 0 Å². The number of nitrogens with one attached hydrogen (secondary N) is 1. The van der Waals surface area contributed by atoms with Crippen molar-refractivity contribution in [2.24, 2.45) is 5.73 Å². The highest BCUT2D eigenvalue weighted by molar-refractivity contribution is 6.24. The Morgan fingerprint density at radius 1 is 1.12 bits per heavy atom. The molecule has 6 rings (SSSR count). The van der Waals surface area contributed by atoms with E-state index < -0.39 is 11.0 Å². The van der Waals surface area contributed by atoms with Crippen molar-refractivity contribution in [3.63, 3.8) is 0 Å². The van der Waals surface area contributed by atoms with Gasteiger partial charge in [0.1, 0.15) is 28.6 Å². The summed E-state index contributed by atoms with van der Waals surface area (Å²) in [5.74, 6) is 0.118. The van der Waals surface area contributed by atoms with Crippen molar-refractivity contribution in [3.05, 3.63) is 93.1 Å². The highest BCUT2D eigenvalue weighted by Crippen LogP contribution is 2.55. The van der Waals surface area contributed by atoms with Gasteiger partial charge in [0.05, 0.1) is 18.2 Å². The van der Waals surface area contributed by atoms with E-state index in [-0.39, 0.29) is 28.6 Å². The summed E-state index contributed by atoms with van der Waals surface area (Å²) in [4.78, 5) is 30.4. The van der Waals surface area contributed by atoms with Crippen LogP contribution in [-0.2, 0) is 5.41 Å². The number of Topliss-reactive ketones (excluding diaryl/α,β-unsaturated/α-hetero) is 1. The molecule has 32 heavy (non-hydrogen) atoms. The fourth-order valence-corrected chi connectivity index (χ4v) is 5.09. The molecule has 2 aliphatic rings. The summed E-state index contributed by atoms with van der Waals surface area (Å²) in [5.41, 5.74) is 5.47. The van der Waals surface area contributed by atoms with Crippen LogP contribution in [0, 0.1) is 11.3 Å². The molecule has 1 aliphatic heterocycles. The molecule has 154 valence electrons. The second-order valence-electron chi connectivity index (χ2n) is 7.81. The first-order valence-corrected chi connectivity index (χ1v) is 9.92. The van der Waals surface area contributed by atoms with Gasteiger partial charge in [-0.05, 0) is 34.5 Å². The average Bonchev–Trinajstić information content (AvgIpc) is 3.04. The molecule has 1 aliphatic carbocycles. The lowest BCUT2D eigenvalue weighted by Gasteiger charge is -2.34. The number of hydrogen-bond donors (Lipinski definition) is 2. The van der Waals surface area contributed by atoms with Crippen LogP contribution in [0.2, 0.25) is 0 Å². The van der Waals surface area contributed by atoms with Crippen LogP contribution in [-0.4, -0.2) is 17.9 Å². The smallest absolute Gasteiger partial charge is 0.257 e. The lowest BCUT2D eigenvalue weighted by atomic mass is 9.67. The number of rotatable bonds is 1. The van der Waals surface area contributed by atoms with Gasteiger partial charge >= 0.3 is 0 Å². The molecule has 0 fully saturated rings. The maximum atomic E-state index is 14.1. The molecule has 7 heteroatoms. The van der Waals surface area contributed by atoms with Crippen molar-refractivity contribution in [2.45, 2.75) is 5.41 Å². The molecule has 0 amide bonds. The second-order valence-corrected chi connectivity index (χ2v) is 7.81. The predicted molar refractivity (Wildman–Crippen MR) is 118 cm³/mol. The summed E-state index contributed by atoms with van der Waals surface area (Å²) in [7, 11) is 1.53. The first kappa shape index (κ1) is 18.2. The molecule has 1 atom stereocenters. The minimum Gasteiger partial charge on any atom is -0.497 e. The molecule has 7 nitrogen and oxygen atoms in total. The first-order valence-electron chi connectivity index (χ1n) is 9.92. The standard InChI is InChI=1S/C25H15N3O4/c1-31-13-8-9-18-15(10-13)21-20(24(30)28-18)25(17(11-26)23(27)32-21)16-7-3-5-12-4-2-6-14(19(12)16)22(25)29/h2-10H,27H2,1H3,(H,28,30). The number of H-pyrrole nitrogens is 1. The highest BCUT2D eigenvalue weighted by Gasteiger charge is 2.58. The second kappa shape index (κ2) is 5.99.